The fourth-order valence-electron chi connectivity index (χ4n) is 0.386. The van der Waals surface area contributed by atoms with Crippen molar-refractivity contribution in [1.82, 2.24) is 0 Å². The van der Waals surface area contributed by atoms with Crippen molar-refractivity contribution in [3.8, 4) is 0 Å². The molecule has 0 saturated carbocycles. The van der Waals surface area contributed by atoms with Gasteiger partial charge in [0.1, 0.15) is 0 Å². The van der Waals surface area contributed by atoms with Crippen LogP contribution in [0.25, 0.3) is 0 Å². The van der Waals surface area contributed by atoms with Crippen molar-refractivity contribution in [2.75, 3.05) is 0 Å². The first-order valence-corrected chi connectivity index (χ1v) is 2.06. The van der Waals surface area contributed by atoms with Gasteiger partial charge >= 0.3 is 45.1 Å². The molecule has 0 bridgehead atoms. The zero-order chi connectivity index (χ0) is 5.98. The van der Waals surface area contributed by atoms with Crippen molar-refractivity contribution in [3.05, 3.63) is 17.8 Å². The minimum absolute atomic E-state index is 0.185. The summed E-state index contributed by atoms with van der Waals surface area (Å²) in [7, 11) is 1.32. The maximum absolute atomic E-state index is 10.0. The van der Waals surface area contributed by atoms with Crippen molar-refractivity contribution in [2.45, 2.75) is 0 Å². The summed E-state index contributed by atoms with van der Waals surface area (Å²) >= 11 is 0. The Kier molecular flexibility index (Phi) is 1.16. The van der Waals surface area contributed by atoms with Crippen molar-refractivity contribution in [3.63, 3.8) is 0 Å². The molecule has 0 aliphatic rings. The van der Waals surface area contributed by atoms with Crippen molar-refractivity contribution in [1.29, 1.82) is 0 Å². The van der Waals surface area contributed by atoms with Gasteiger partial charge in [-0.05, 0) is 0 Å². The molecule has 0 atom stereocenters. The Morgan fingerprint density at radius 2 is 2.62 bits per heavy atom. The van der Waals surface area contributed by atoms with Gasteiger partial charge in [0.05, 0.1) is 0 Å². The van der Waals surface area contributed by atoms with Crippen LogP contribution < -0.4 is 0 Å². The molecule has 8 heavy (non-hydrogen) atoms. The number of carboxylic acid groups (broad SMARTS) is 1. The summed E-state index contributed by atoms with van der Waals surface area (Å²) in [5, 5.41) is 8.21. The van der Waals surface area contributed by atoms with Crippen molar-refractivity contribution < 1.29 is 14.2 Å². The van der Waals surface area contributed by atoms with Gasteiger partial charge in [0, 0.05) is 0 Å². The van der Waals surface area contributed by atoms with Gasteiger partial charge in [-0.2, -0.15) is 0 Å². The first-order valence-electron chi connectivity index (χ1n) is 2.06. The molecule has 3 nitrogen and oxygen atoms in total. The van der Waals surface area contributed by atoms with E-state index >= 15 is 0 Å². The molecule has 0 fully saturated rings. The molecule has 1 aromatic heterocycles. The van der Waals surface area contributed by atoms with E-state index in [1.165, 1.54) is 19.3 Å². The molecule has 0 aliphatic heterocycles. The zero-order valence-electron chi connectivity index (χ0n) is 4.00. The molecule has 1 heterocycles. The van der Waals surface area contributed by atoms with Crippen LogP contribution in [0.5, 0.6) is 0 Å². The van der Waals surface area contributed by atoms with Crippen molar-refractivity contribution in [2.24, 2.45) is 0 Å². The van der Waals surface area contributed by atoms with E-state index in [1.54, 1.807) is 0 Å². The van der Waals surface area contributed by atoms with Crippen LogP contribution in [0.3, 0.4) is 0 Å². The third kappa shape index (κ3) is 0.778. The Labute approximate surface area is 46.2 Å². The molecule has 1 rings (SSSR count). The summed E-state index contributed by atoms with van der Waals surface area (Å²) in [5.41, 5.74) is 0.185. The molecule has 4 heteroatoms. The summed E-state index contributed by atoms with van der Waals surface area (Å²) in [4.78, 5) is 10.0. The molecule has 0 amide bonds. The van der Waals surface area contributed by atoms with Gasteiger partial charge in [0.2, 0.25) is 0 Å². The van der Waals surface area contributed by atoms with Crippen LogP contribution in [-0.2, 0) is 0 Å². The third-order valence-electron chi connectivity index (χ3n) is 0.768. The summed E-state index contributed by atoms with van der Waals surface area (Å²) in [6.07, 6.45) is 1.18. The van der Waals surface area contributed by atoms with E-state index < -0.39 is 5.97 Å². The molecule has 0 saturated heterocycles. The molecule has 1 aromatic rings. The summed E-state index contributed by atoms with van der Waals surface area (Å²) < 4.78 is 4.49. The number of carbonyl (C=O) groups is 1. The molecule has 0 aromatic carbocycles. The van der Waals surface area contributed by atoms with Gasteiger partial charge < -0.3 is 0 Å². The number of aromatic carboxylic acids is 1. The second-order valence-electron chi connectivity index (χ2n) is 1.32. The van der Waals surface area contributed by atoms with Gasteiger partial charge in [0.25, 0.3) is 0 Å². The van der Waals surface area contributed by atoms with Crippen LogP contribution in [0.1, 0.15) is 10.4 Å². The second-order valence-corrected chi connectivity index (χ2v) is 1.32. The van der Waals surface area contributed by atoms with E-state index in [1.807, 2.05) is 0 Å². The van der Waals surface area contributed by atoms with E-state index in [4.69, 9.17) is 5.11 Å². The van der Waals surface area contributed by atoms with Crippen LogP contribution in [0, 0.1) is 0 Å². The van der Waals surface area contributed by atoms with E-state index in [0.717, 1.165) is 0 Å². The zero-order valence-corrected chi connectivity index (χ0v) is 4.00. The minimum atomic E-state index is -0.959. The Morgan fingerprint density at radius 1 is 1.88 bits per heavy atom. The first-order chi connectivity index (χ1) is 3.80. The molecule has 0 unspecified atom stereocenters. The predicted molar refractivity (Wildman–Crippen MR) is 27.0 cm³/mol. The van der Waals surface area contributed by atoms with Crippen LogP contribution in [0.15, 0.2) is 16.6 Å². The molecular formula is C4H3BO3. The third-order valence-corrected chi connectivity index (χ3v) is 0.768. The number of carboxylic acids is 1. The van der Waals surface area contributed by atoms with Crippen molar-refractivity contribution >= 4 is 13.1 Å². The van der Waals surface area contributed by atoms with Gasteiger partial charge in [-0.3, -0.25) is 0 Å². The van der Waals surface area contributed by atoms with E-state index in [0.29, 0.717) is 0 Å². The fraction of sp³-hybridized carbons (Fsp3) is 0. The average molecular weight is 110 g/mol. The van der Waals surface area contributed by atoms with E-state index in [9.17, 15) is 4.79 Å². The number of rotatable bonds is 1. The van der Waals surface area contributed by atoms with Crippen LogP contribution >= 0.6 is 0 Å². The molecule has 0 spiro atoms. The Balaban J connectivity index is 2.93. The predicted octanol–water partition coefficient (Wildman–Crippen LogP) is 0.316. The molecular weight excluding hydrogens is 107 g/mol. The monoisotopic (exact) mass is 110 g/mol. The van der Waals surface area contributed by atoms with E-state index in [2.05, 4.69) is 4.33 Å². The van der Waals surface area contributed by atoms with Gasteiger partial charge in [0.15, 0.2) is 0 Å². The topological polar surface area (TPSA) is 50.4 Å². The summed E-state index contributed by atoms with van der Waals surface area (Å²) in [6, 6.07) is 0. The molecule has 0 aliphatic carbocycles. The first kappa shape index (κ1) is 5.09. The van der Waals surface area contributed by atoms with Crippen LogP contribution in [-0.4, -0.2) is 18.2 Å². The number of hydrogen-bond acceptors (Lipinski definition) is 2. The summed E-state index contributed by atoms with van der Waals surface area (Å²) in [6.45, 7) is 0. The average Bonchev–Trinajstić information content (AvgIpc) is 2.12. The Bertz CT molecular complexity index is 179. The fourth-order valence-corrected chi connectivity index (χ4v) is 0.386. The number of hydrogen-bond donors (Lipinski definition) is 1. The SMILES string of the molecule is O=C(O)c1cboc1. The van der Waals surface area contributed by atoms with E-state index in [-0.39, 0.29) is 5.56 Å². The van der Waals surface area contributed by atoms with Crippen LogP contribution in [0.2, 0.25) is 0 Å². The van der Waals surface area contributed by atoms with Gasteiger partial charge in [-0.15, -0.1) is 0 Å². The Morgan fingerprint density at radius 3 is 2.88 bits per heavy atom. The van der Waals surface area contributed by atoms with Crippen LogP contribution in [0.4, 0.5) is 0 Å². The maximum atomic E-state index is 10.0. The Hall–Kier alpha value is -1.06. The molecule has 0 radical (unpaired) electrons. The molecule has 1 N–H and O–H groups in total. The normalized spacial score (nSPS) is 8.50. The quantitative estimate of drug-likeness (QED) is 0.566. The second kappa shape index (κ2) is 1.82. The summed E-state index contributed by atoms with van der Waals surface area (Å²) in [5.74, 6) is 0.432. The molecule has 40 valence electrons. The standard InChI is InChI=1S/C4H3BO3/c6-4(7)3-1-5-8-2-3/h1-2H,(H,6,7). The van der Waals surface area contributed by atoms with Gasteiger partial charge in [-0.25, -0.2) is 0 Å². The van der Waals surface area contributed by atoms with Gasteiger partial charge in [-0.1, -0.05) is 0 Å².